The number of carbonyl (C=O) groups is 1. The van der Waals surface area contributed by atoms with E-state index in [1.807, 2.05) is 47.0 Å². The van der Waals surface area contributed by atoms with Gasteiger partial charge in [0.1, 0.15) is 5.60 Å². The highest BCUT2D eigenvalue weighted by Crippen LogP contribution is 2.07. The SMILES string of the molecule is CSC(=NCC=C(C)C)NC(=O)OC(C)(C)C. The van der Waals surface area contributed by atoms with Crippen LogP contribution in [0.1, 0.15) is 34.6 Å². The predicted octanol–water partition coefficient (Wildman–Crippen LogP) is 3.20. The molecular weight excluding hydrogens is 236 g/mol. The third-order valence-corrected chi connectivity index (χ3v) is 2.15. The molecule has 0 aliphatic rings. The third-order valence-electron chi connectivity index (χ3n) is 1.54. The number of thioether (sulfide) groups is 1. The molecule has 1 N–H and O–H groups in total. The molecule has 0 saturated heterocycles. The number of alkyl carbamates (subject to hydrolysis) is 1. The largest absolute Gasteiger partial charge is 0.444 e. The van der Waals surface area contributed by atoms with Crippen molar-refractivity contribution in [1.82, 2.24) is 5.32 Å². The van der Waals surface area contributed by atoms with Crippen LogP contribution in [0.3, 0.4) is 0 Å². The molecule has 0 heterocycles. The summed E-state index contributed by atoms with van der Waals surface area (Å²) in [5.74, 6) is 0. The zero-order valence-electron chi connectivity index (χ0n) is 11.5. The summed E-state index contributed by atoms with van der Waals surface area (Å²) in [6, 6.07) is 0. The van der Waals surface area contributed by atoms with Gasteiger partial charge in [-0.3, -0.25) is 10.3 Å². The Morgan fingerprint density at radius 3 is 2.41 bits per heavy atom. The second-order valence-electron chi connectivity index (χ2n) is 4.76. The summed E-state index contributed by atoms with van der Waals surface area (Å²) in [7, 11) is 0. The molecule has 4 nitrogen and oxygen atoms in total. The van der Waals surface area contributed by atoms with Crippen LogP contribution >= 0.6 is 11.8 Å². The Kier molecular flexibility index (Phi) is 6.95. The minimum absolute atomic E-state index is 0.470. The van der Waals surface area contributed by atoms with Crippen molar-refractivity contribution in [3.05, 3.63) is 11.6 Å². The molecule has 0 aliphatic heterocycles. The summed E-state index contributed by atoms with van der Waals surface area (Å²) >= 11 is 1.38. The summed E-state index contributed by atoms with van der Waals surface area (Å²) in [4.78, 5) is 15.7. The number of nitrogens with zero attached hydrogens (tertiary/aromatic N) is 1. The molecule has 0 aromatic rings. The van der Waals surface area contributed by atoms with Crippen molar-refractivity contribution >= 4 is 23.0 Å². The molecule has 5 heteroatoms. The first-order valence-corrected chi connectivity index (χ1v) is 6.69. The van der Waals surface area contributed by atoms with E-state index in [2.05, 4.69) is 10.3 Å². The first-order chi connectivity index (χ1) is 7.74. The maximum atomic E-state index is 11.5. The predicted molar refractivity (Wildman–Crippen MR) is 74.6 cm³/mol. The Balaban J connectivity index is 4.31. The first kappa shape index (κ1) is 16.0. The smallest absolute Gasteiger partial charge is 0.413 e. The molecule has 0 aromatic heterocycles. The van der Waals surface area contributed by atoms with Crippen LogP contribution in [0.2, 0.25) is 0 Å². The van der Waals surface area contributed by atoms with Crippen LogP contribution in [-0.2, 0) is 4.74 Å². The van der Waals surface area contributed by atoms with Crippen LogP contribution in [0.15, 0.2) is 16.6 Å². The second-order valence-corrected chi connectivity index (χ2v) is 5.55. The van der Waals surface area contributed by atoms with Gasteiger partial charge in [0, 0.05) is 0 Å². The van der Waals surface area contributed by atoms with Crippen LogP contribution in [0.4, 0.5) is 4.79 Å². The van der Waals surface area contributed by atoms with Gasteiger partial charge in [0.05, 0.1) is 6.54 Å². The van der Waals surface area contributed by atoms with Crippen molar-refractivity contribution in [3.63, 3.8) is 0 Å². The van der Waals surface area contributed by atoms with Crippen LogP contribution in [0.25, 0.3) is 0 Å². The van der Waals surface area contributed by atoms with Crippen molar-refractivity contribution in [2.45, 2.75) is 40.2 Å². The quantitative estimate of drug-likeness (QED) is 0.470. The maximum absolute atomic E-state index is 11.5. The van der Waals surface area contributed by atoms with Crippen LogP contribution in [0.5, 0.6) is 0 Å². The Bertz CT molecular complexity index is 313. The van der Waals surface area contributed by atoms with Crippen molar-refractivity contribution in [2.75, 3.05) is 12.8 Å². The van der Waals surface area contributed by atoms with Gasteiger partial charge in [-0.05, 0) is 40.9 Å². The molecule has 0 unspecified atom stereocenters. The molecule has 0 saturated carbocycles. The lowest BCUT2D eigenvalue weighted by atomic mass is 10.2. The number of rotatable bonds is 2. The number of aliphatic imine (C=N–C) groups is 1. The molecule has 17 heavy (non-hydrogen) atoms. The molecule has 0 fully saturated rings. The minimum Gasteiger partial charge on any atom is -0.444 e. The lowest BCUT2D eigenvalue weighted by Gasteiger charge is -2.19. The van der Waals surface area contributed by atoms with Gasteiger partial charge in [-0.2, -0.15) is 0 Å². The topological polar surface area (TPSA) is 50.7 Å². The Morgan fingerprint density at radius 1 is 1.41 bits per heavy atom. The molecule has 0 spiro atoms. The van der Waals surface area contributed by atoms with Gasteiger partial charge in [-0.15, -0.1) is 0 Å². The van der Waals surface area contributed by atoms with E-state index in [4.69, 9.17) is 4.74 Å². The van der Waals surface area contributed by atoms with E-state index in [-0.39, 0.29) is 0 Å². The van der Waals surface area contributed by atoms with E-state index >= 15 is 0 Å². The van der Waals surface area contributed by atoms with Crippen molar-refractivity contribution < 1.29 is 9.53 Å². The molecular formula is C12H22N2O2S. The Labute approximate surface area is 108 Å². The van der Waals surface area contributed by atoms with Crippen LogP contribution in [-0.4, -0.2) is 29.7 Å². The van der Waals surface area contributed by atoms with E-state index in [1.54, 1.807) is 0 Å². The second kappa shape index (κ2) is 7.37. The van der Waals surface area contributed by atoms with E-state index < -0.39 is 11.7 Å². The number of amides is 1. The summed E-state index contributed by atoms with van der Waals surface area (Å²) in [5, 5.41) is 3.19. The van der Waals surface area contributed by atoms with Crippen molar-refractivity contribution in [2.24, 2.45) is 4.99 Å². The lowest BCUT2D eigenvalue weighted by Crippen LogP contribution is -2.35. The van der Waals surface area contributed by atoms with E-state index in [9.17, 15) is 4.79 Å². The van der Waals surface area contributed by atoms with Crippen LogP contribution in [0, 0.1) is 0 Å². The van der Waals surface area contributed by atoms with E-state index in [0.29, 0.717) is 11.7 Å². The molecule has 0 bridgehead atoms. The average Bonchev–Trinajstić information content (AvgIpc) is 2.12. The fourth-order valence-electron chi connectivity index (χ4n) is 0.857. The van der Waals surface area contributed by atoms with Crippen molar-refractivity contribution in [3.8, 4) is 0 Å². The Hall–Kier alpha value is -0.970. The third kappa shape index (κ3) is 9.93. The number of carbonyl (C=O) groups excluding carboxylic acids is 1. The van der Waals surface area contributed by atoms with Gasteiger partial charge in [-0.25, -0.2) is 4.79 Å². The van der Waals surface area contributed by atoms with Gasteiger partial charge >= 0.3 is 6.09 Å². The number of hydrogen-bond donors (Lipinski definition) is 1. The minimum atomic E-state index is -0.493. The fraction of sp³-hybridized carbons (Fsp3) is 0.667. The maximum Gasteiger partial charge on any atom is 0.413 e. The summed E-state index contributed by atoms with van der Waals surface area (Å²) in [6.45, 7) is 10.1. The summed E-state index contributed by atoms with van der Waals surface area (Å²) < 4.78 is 5.14. The highest BCUT2D eigenvalue weighted by atomic mass is 32.2. The number of nitrogens with one attached hydrogen (secondary N) is 1. The Morgan fingerprint density at radius 2 is 2.00 bits per heavy atom. The number of allylic oxidation sites excluding steroid dienone is 1. The zero-order valence-corrected chi connectivity index (χ0v) is 12.3. The number of ether oxygens (including phenoxy) is 1. The summed E-state index contributed by atoms with van der Waals surface area (Å²) in [5.41, 5.74) is 0.708. The highest BCUT2D eigenvalue weighted by molar-refractivity contribution is 8.13. The van der Waals surface area contributed by atoms with E-state index in [1.165, 1.54) is 17.3 Å². The highest BCUT2D eigenvalue weighted by Gasteiger charge is 2.16. The lowest BCUT2D eigenvalue weighted by molar-refractivity contribution is 0.0564. The summed E-state index contributed by atoms with van der Waals surface area (Å²) in [6.07, 6.45) is 3.38. The first-order valence-electron chi connectivity index (χ1n) is 5.46. The van der Waals surface area contributed by atoms with Gasteiger partial charge in [0.25, 0.3) is 0 Å². The molecule has 0 aromatic carbocycles. The zero-order chi connectivity index (χ0) is 13.5. The van der Waals surface area contributed by atoms with Gasteiger partial charge in [0.2, 0.25) is 0 Å². The molecule has 0 atom stereocenters. The van der Waals surface area contributed by atoms with Crippen LogP contribution < -0.4 is 5.32 Å². The molecule has 98 valence electrons. The van der Waals surface area contributed by atoms with Crippen molar-refractivity contribution in [1.29, 1.82) is 0 Å². The normalized spacial score (nSPS) is 12.0. The van der Waals surface area contributed by atoms with E-state index in [0.717, 1.165) is 0 Å². The molecule has 0 radical (unpaired) electrons. The number of amidine groups is 1. The molecule has 0 rings (SSSR count). The molecule has 1 amide bonds. The monoisotopic (exact) mass is 258 g/mol. The standard InChI is InChI=1S/C12H22N2O2S/c1-9(2)7-8-13-10(17-6)14-11(15)16-12(3,4)5/h7H,8H2,1-6H3,(H,13,14,15). The number of hydrogen-bond acceptors (Lipinski definition) is 4. The van der Waals surface area contributed by atoms with Gasteiger partial charge in [-0.1, -0.05) is 23.4 Å². The average molecular weight is 258 g/mol. The van der Waals surface area contributed by atoms with Gasteiger partial charge < -0.3 is 4.74 Å². The molecule has 0 aliphatic carbocycles. The van der Waals surface area contributed by atoms with Gasteiger partial charge in [0.15, 0.2) is 5.17 Å². The fourth-order valence-corrected chi connectivity index (χ4v) is 1.25.